The van der Waals surface area contributed by atoms with Gasteiger partial charge in [-0.15, -0.1) is 0 Å². The number of methoxy groups -OCH3 is 2. The molecule has 2 N–H and O–H groups in total. The first-order valence-corrected chi connectivity index (χ1v) is 7.32. The third kappa shape index (κ3) is 5.57. The highest BCUT2D eigenvalue weighted by molar-refractivity contribution is 6.32. The van der Waals surface area contributed by atoms with Gasteiger partial charge in [-0.2, -0.15) is 0 Å². The highest BCUT2D eigenvalue weighted by Crippen LogP contribution is 2.35. The third-order valence-electron chi connectivity index (χ3n) is 3.08. The summed E-state index contributed by atoms with van der Waals surface area (Å²) in [6.07, 6.45) is 4.23. The fourth-order valence-corrected chi connectivity index (χ4v) is 2.33. The molecule has 4 nitrogen and oxygen atoms in total. The van der Waals surface area contributed by atoms with Crippen molar-refractivity contribution in [3.8, 4) is 11.5 Å². The molecule has 0 saturated heterocycles. The summed E-state index contributed by atoms with van der Waals surface area (Å²) in [6.45, 7) is 2.00. The lowest BCUT2D eigenvalue weighted by molar-refractivity contribution is 0.282. The van der Waals surface area contributed by atoms with Gasteiger partial charge in [0, 0.05) is 13.2 Å². The zero-order chi connectivity index (χ0) is 14.8. The monoisotopic (exact) mass is 301 g/mol. The maximum Gasteiger partial charge on any atom is 0.179 e. The van der Waals surface area contributed by atoms with E-state index in [-0.39, 0.29) is 6.61 Å². The van der Waals surface area contributed by atoms with Crippen LogP contribution in [0.3, 0.4) is 0 Å². The van der Waals surface area contributed by atoms with Gasteiger partial charge in [0.15, 0.2) is 11.5 Å². The van der Waals surface area contributed by atoms with Crippen LogP contribution in [0.4, 0.5) is 0 Å². The molecule has 0 amide bonds. The molecule has 0 bridgehead atoms. The molecule has 0 atom stereocenters. The van der Waals surface area contributed by atoms with Gasteiger partial charge in [-0.1, -0.05) is 24.4 Å². The Labute approximate surface area is 126 Å². The second kappa shape index (κ2) is 9.86. The van der Waals surface area contributed by atoms with Crippen LogP contribution in [0.1, 0.15) is 31.2 Å². The van der Waals surface area contributed by atoms with Crippen molar-refractivity contribution in [3.05, 3.63) is 22.7 Å². The summed E-state index contributed by atoms with van der Waals surface area (Å²) in [4.78, 5) is 0. The summed E-state index contributed by atoms with van der Waals surface area (Å²) in [6, 6.07) is 3.82. The minimum Gasteiger partial charge on any atom is -0.493 e. The number of unbranched alkanes of at least 4 members (excludes halogenated alkanes) is 3. The van der Waals surface area contributed by atoms with Gasteiger partial charge in [0.1, 0.15) is 0 Å². The molecular formula is C15H24ClNO3. The summed E-state index contributed by atoms with van der Waals surface area (Å²) in [7, 11) is 3.18. The van der Waals surface area contributed by atoms with E-state index in [1.54, 1.807) is 14.2 Å². The molecular weight excluding hydrogens is 278 g/mol. The molecule has 0 aliphatic heterocycles. The number of hydrogen-bond donors (Lipinski definition) is 2. The number of ether oxygens (including phenoxy) is 2. The largest absolute Gasteiger partial charge is 0.493 e. The van der Waals surface area contributed by atoms with Gasteiger partial charge < -0.3 is 19.9 Å². The first kappa shape index (κ1) is 17.1. The smallest absolute Gasteiger partial charge is 0.179 e. The molecule has 1 aromatic rings. The van der Waals surface area contributed by atoms with Crippen molar-refractivity contribution >= 4 is 11.6 Å². The van der Waals surface area contributed by atoms with Crippen LogP contribution in [0.15, 0.2) is 12.1 Å². The SMILES string of the molecule is COc1cc(CNCCCCCCO)cc(Cl)c1OC. The zero-order valence-electron chi connectivity index (χ0n) is 12.2. The molecule has 0 radical (unpaired) electrons. The highest BCUT2D eigenvalue weighted by atomic mass is 35.5. The molecule has 0 saturated carbocycles. The van der Waals surface area contributed by atoms with Gasteiger partial charge in [0.2, 0.25) is 0 Å². The molecule has 20 heavy (non-hydrogen) atoms. The summed E-state index contributed by atoms with van der Waals surface area (Å²) < 4.78 is 10.5. The molecule has 0 fully saturated rings. The molecule has 1 rings (SSSR count). The fraction of sp³-hybridized carbons (Fsp3) is 0.600. The Kier molecular flexibility index (Phi) is 8.42. The Hall–Kier alpha value is -0.970. The van der Waals surface area contributed by atoms with Crippen LogP contribution >= 0.6 is 11.6 Å². The quantitative estimate of drug-likeness (QED) is 0.652. The Morgan fingerprint density at radius 3 is 2.50 bits per heavy atom. The van der Waals surface area contributed by atoms with E-state index >= 15 is 0 Å². The first-order valence-electron chi connectivity index (χ1n) is 6.95. The normalized spacial score (nSPS) is 10.6. The van der Waals surface area contributed by atoms with Crippen molar-refractivity contribution in [2.24, 2.45) is 0 Å². The Morgan fingerprint density at radius 1 is 1.10 bits per heavy atom. The summed E-state index contributed by atoms with van der Waals surface area (Å²) in [5.74, 6) is 1.22. The van der Waals surface area contributed by atoms with Crippen LogP contribution in [0.25, 0.3) is 0 Å². The Morgan fingerprint density at radius 2 is 1.85 bits per heavy atom. The topological polar surface area (TPSA) is 50.7 Å². The van der Waals surface area contributed by atoms with Crippen molar-refractivity contribution in [2.75, 3.05) is 27.4 Å². The Bertz CT molecular complexity index is 399. The van der Waals surface area contributed by atoms with Gasteiger partial charge >= 0.3 is 0 Å². The van der Waals surface area contributed by atoms with Crippen LogP contribution in [-0.2, 0) is 6.54 Å². The molecule has 0 heterocycles. The second-order valence-electron chi connectivity index (χ2n) is 4.63. The zero-order valence-corrected chi connectivity index (χ0v) is 13.0. The molecule has 0 aromatic heterocycles. The molecule has 0 spiro atoms. The van der Waals surface area contributed by atoms with Crippen molar-refractivity contribution in [2.45, 2.75) is 32.2 Å². The van der Waals surface area contributed by atoms with Gasteiger partial charge in [0.25, 0.3) is 0 Å². The number of aliphatic hydroxyl groups excluding tert-OH is 1. The molecule has 114 valence electrons. The van der Waals surface area contributed by atoms with E-state index < -0.39 is 0 Å². The minimum absolute atomic E-state index is 0.289. The number of halogens is 1. The standard InChI is InChI=1S/C15H24ClNO3/c1-19-14-10-12(9-13(16)15(14)20-2)11-17-7-5-3-4-6-8-18/h9-10,17-18H,3-8,11H2,1-2H3. The lowest BCUT2D eigenvalue weighted by Crippen LogP contribution is -2.14. The summed E-state index contributed by atoms with van der Waals surface area (Å²) in [5, 5.41) is 12.6. The van der Waals surface area contributed by atoms with Gasteiger partial charge in [-0.3, -0.25) is 0 Å². The highest BCUT2D eigenvalue weighted by Gasteiger charge is 2.10. The van der Waals surface area contributed by atoms with E-state index in [0.29, 0.717) is 16.5 Å². The van der Waals surface area contributed by atoms with Gasteiger partial charge in [-0.05, 0) is 37.1 Å². The maximum absolute atomic E-state index is 8.69. The van der Waals surface area contributed by atoms with Crippen LogP contribution in [-0.4, -0.2) is 32.5 Å². The van der Waals surface area contributed by atoms with E-state index in [1.165, 1.54) is 0 Å². The number of rotatable bonds is 10. The molecule has 5 heteroatoms. The van der Waals surface area contributed by atoms with E-state index in [0.717, 1.165) is 44.3 Å². The number of benzene rings is 1. The lowest BCUT2D eigenvalue weighted by Gasteiger charge is -2.12. The van der Waals surface area contributed by atoms with Gasteiger partial charge in [-0.25, -0.2) is 0 Å². The van der Waals surface area contributed by atoms with Crippen molar-refractivity contribution in [1.82, 2.24) is 5.32 Å². The van der Waals surface area contributed by atoms with Crippen molar-refractivity contribution < 1.29 is 14.6 Å². The van der Waals surface area contributed by atoms with Crippen LogP contribution in [0, 0.1) is 0 Å². The minimum atomic E-state index is 0.289. The van der Waals surface area contributed by atoms with E-state index in [1.807, 2.05) is 12.1 Å². The maximum atomic E-state index is 8.69. The number of hydrogen-bond acceptors (Lipinski definition) is 4. The first-order chi connectivity index (χ1) is 9.72. The number of aliphatic hydroxyl groups is 1. The van der Waals surface area contributed by atoms with Crippen molar-refractivity contribution in [1.29, 1.82) is 0 Å². The molecule has 1 aromatic carbocycles. The number of nitrogens with one attached hydrogen (secondary N) is 1. The fourth-order valence-electron chi connectivity index (χ4n) is 2.02. The lowest BCUT2D eigenvalue weighted by atomic mass is 10.1. The van der Waals surface area contributed by atoms with Crippen molar-refractivity contribution in [3.63, 3.8) is 0 Å². The molecule has 0 unspecified atom stereocenters. The van der Waals surface area contributed by atoms with E-state index in [9.17, 15) is 0 Å². The van der Waals surface area contributed by atoms with Gasteiger partial charge in [0.05, 0.1) is 19.2 Å². The predicted molar refractivity (Wildman–Crippen MR) is 81.8 cm³/mol. The molecule has 0 aliphatic carbocycles. The third-order valence-corrected chi connectivity index (χ3v) is 3.36. The molecule has 0 aliphatic rings. The average molecular weight is 302 g/mol. The Balaban J connectivity index is 2.39. The van der Waals surface area contributed by atoms with E-state index in [4.69, 9.17) is 26.2 Å². The summed E-state index contributed by atoms with van der Waals surface area (Å²) in [5.41, 5.74) is 1.07. The van der Waals surface area contributed by atoms with E-state index in [2.05, 4.69) is 5.32 Å². The second-order valence-corrected chi connectivity index (χ2v) is 5.03. The van der Waals surface area contributed by atoms with Crippen LogP contribution < -0.4 is 14.8 Å². The van der Waals surface area contributed by atoms with Crippen LogP contribution in [0.5, 0.6) is 11.5 Å². The summed E-state index contributed by atoms with van der Waals surface area (Å²) >= 11 is 6.15. The predicted octanol–water partition coefficient (Wildman–Crippen LogP) is 3.00. The average Bonchev–Trinajstić information content (AvgIpc) is 2.45. The van der Waals surface area contributed by atoms with Crippen LogP contribution in [0.2, 0.25) is 5.02 Å².